The lowest BCUT2D eigenvalue weighted by Crippen LogP contribution is -2.39. The van der Waals surface area contributed by atoms with E-state index in [9.17, 15) is 0 Å². The van der Waals surface area contributed by atoms with Crippen LogP contribution in [0.2, 0.25) is 0 Å². The molecular formula is C18H30N4. The van der Waals surface area contributed by atoms with E-state index in [1.807, 2.05) is 6.07 Å². The normalized spacial score (nSPS) is 19.4. The summed E-state index contributed by atoms with van der Waals surface area (Å²) >= 11 is 0. The molecule has 1 unspecified atom stereocenters. The number of guanidine groups is 1. The second-order valence-electron chi connectivity index (χ2n) is 6.36. The highest BCUT2D eigenvalue weighted by atomic mass is 15.3. The average Bonchev–Trinajstić information content (AvgIpc) is 2.96. The van der Waals surface area contributed by atoms with Crippen molar-refractivity contribution in [2.45, 2.75) is 26.3 Å². The first-order valence-corrected chi connectivity index (χ1v) is 8.41. The van der Waals surface area contributed by atoms with Crippen LogP contribution in [0.5, 0.6) is 0 Å². The molecule has 1 aromatic rings. The van der Waals surface area contributed by atoms with E-state index >= 15 is 0 Å². The fourth-order valence-corrected chi connectivity index (χ4v) is 2.94. The van der Waals surface area contributed by atoms with Gasteiger partial charge in [-0.3, -0.25) is 0 Å². The molecule has 2 rings (SSSR count). The third-order valence-electron chi connectivity index (χ3n) is 4.14. The van der Waals surface area contributed by atoms with E-state index in [-0.39, 0.29) is 0 Å². The highest BCUT2D eigenvalue weighted by Crippen LogP contribution is 2.15. The van der Waals surface area contributed by atoms with Gasteiger partial charge in [0.1, 0.15) is 0 Å². The standard InChI is InChI=1S/C18H30N4/c1-4-11-22-12-10-17(15-22)14-20-18(21(2)3)19-13-16-8-6-5-7-9-16/h5-9,17H,4,10-15H2,1-3H3,(H,19,20). The van der Waals surface area contributed by atoms with E-state index in [0.29, 0.717) is 0 Å². The molecule has 0 aromatic heterocycles. The Hall–Kier alpha value is -1.55. The monoisotopic (exact) mass is 302 g/mol. The number of hydrogen-bond acceptors (Lipinski definition) is 2. The van der Waals surface area contributed by atoms with E-state index in [1.165, 1.54) is 38.0 Å². The third-order valence-corrected chi connectivity index (χ3v) is 4.14. The maximum Gasteiger partial charge on any atom is 0.193 e. The van der Waals surface area contributed by atoms with E-state index in [4.69, 9.17) is 4.99 Å². The number of benzene rings is 1. The Bertz CT molecular complexity index is 455. The van der Waals surface area contributed by atoms with Crippen molar-refractivity contribution < 1.29 is 0 Å². The Balaban J connectivity index is 1.82. The van der Waals surface area contributed by atoms with Crippen molar-refractivity contribution in [2.24, 2.45) is 10.9 Å². The van der Waals surface area contributed by atoms with Crippen molar-refractivity contribution >= 4 is 5.96 Å². The van der Waals surface area contributed by atoms with Crippen LogP contribution in [0, 0.1) is 5.92 Å². The highest BCUT2D eigenvalue weighted by Gasteiger charge is 2.21. The van der Waals surface area contributed by atoms with Crippen molar-refractivity contribution in [3.63, 3.8) is 0 Å². The number of nitrogens with one attached hydrogen (secondary N) is 1. The molecule has 0 saturated carbocycles. The Morgan fingerprint density at radius 3 is 2.77 bits per heavy atom. The van der Waals surface area contributed by atoms with E-state index in [2.05, 4.69) is 60.4 Å². The second-order valence-corrected chi connectivity index (χ2v) is 6.36. The molecule has 1 aromatic carbocycles. The molecule has 0 amide bonds. The van der Waals surface area contributed by atoms with Crippen LogP contribution in [0.1, 0.15) is 25.3 Å². The Labute approximate surface area is 135 Å². The number of hydrogen-bond donors (Lipinski definition) is 1. The quantitative estimate of drug-likeness (QED) is 0.647. The summed E-state index contributed by atoms with van der Waals surface area (Å²) in [6.45, 7) is 7.71. The topological polar surface area (TPSA) is 30.9 Å². The van der Waals surface area contributed by atoms with Gasteiger partial charge in [-0.15, -0.1) is 0 Å². The van der Waals surface area contributed by atoms with Crippen LogP contribution in [0.4, 0.5) is 0 Å². The van der Waals surface area contributed by atoms with Gasteiger partial charge in [0.25, 0.3) is 0 Å². The van der Waals surface area contributed by atoms with E-state index < -0.39 is 0 Å². The minimum atomic E-state index is 0.730. The molecule has 0 radical (unpaired) electrons. The molecule has 1 atom stereocenters. The SMILES string of the molecule is CCCN1CCC(CNC(=NCc2ccccc2)N(C)C)C1. The Morgan fingerprint density at radius 2 is 2.09 bits per heavy atom. The predicted molar refractivity (Wildman–Crippen MR) is 94.1 cm³/mol. The van der Waals surface area contributed by atoms with Crippen LogP contribution in [0.3, 0.4) is 0 Å². The summed E-state index contributed by atoms with van der Waals surface area (Å²) in [4.78, 5) is 9.37. The zero-order chi connectivity index (χ0) is 15.8. The molecule has 1 fully saturated rings. The summed E-state index contributed by atoms with van der Waals surface area (Å²) in [7, 11) is 4.10. The van der Waals surface area contributed by atoms with E-state index in [0.717, 1.165) is 25.0 Å². The van der Waals surface area contributed by atoms with Gasteiger partial charge in [-0.2, -0.15) is 0 Å². The smallest absolute Gasteiger partial charge is 0.193 e. The first-order chi connectivity index (χ1) is 10.7. The first-order valence-electron chi connectivity index (χ1n) is 8.41. The van der Waals surface area contributed by atoms with Crippen molar-refractivity contribution in [3.8, 4) is 0 Å². The maximum absolute atomic E-state index is 4.73. The van der Waals surface area contributed by atoms with Gasteiger partial charge in [-0.25, -0.2) is 4.99 Å². The molecule has 122 valence electrons. The van der Waals surface area contributed by atoms with Gasteiger partial charge in [0, 0.05) is 27.2 Å². The minimum Gasteiger partial charge on any atom is -0.356 e. The molecule has 1 saturated heterocycles. The molecule has 22 heavy (non-hydrogen) atoms. The van der Waals surface area contributed by atoms with Crippen molar-refractivity contribution in [2.75, 3.05) is 40.3 Å². The van der Waals surface area contributed by atoms with Gasteiger partial charge in [-0.05, 0) is 37.4 Å². The summed E-state index contributed by atoms with van der Waals surface area (Å²) in [5.41, 5.74) is 1.25. The second kappa shape index (κ2) is 8.79. The molecule has 4 heteroatoms. The number of aliphatic imine (C=N–C) groups is 1. The predicted octanol–water partition coefficient (Wildman–Crippen LogP) is 2.43. The summed E-state index contributed by atoms with van der Waals surface area (Å²) in [5.74, 6) is 1.73. The highest BCUT2D eigenvalue weighted by molar-refractivity contribution is 5.79. The largest absolute Gasteiger partial charge is 0.356 e. The van der Waals surface area contributed by atoms with Gasteiger partial charge < -0.3 is 15.1 Å². The van der Waals surface area contributed by atoms with Gasteiger partial charge in [0.05, 0.1) is 6.54 Å². The lowest BCUT2D eigenvalue weighted by molar-refractivity contribution is 0.324. The summed E-state index contributed by atoms with van der Waals surface area (Å²) < 4.78 is 0. The maximum atomic E-state index is 4.73. The van der Waals surface area contributed by atoms with Crippen LogP contribution in [0.15, 0.2) is 35.3 Å². The summed E-state index contributed by atoms with van der Waals surface area (Å²) in [6, 6.07) is 10.4. The molecule has 1 aliphatic rings. The fourth-order valence-electron chi connectivity index (χ4n) is 2.94. The molecular weight excluding hydrogens is 272 g/mol. The van der Waals surface area contributed by atoms with Crippen molar-refractivity contribution in [1.29, 1.82) is 0 Å². The average molecular weight is 302 g/mol. The lowest BCUT2D eigenvalue weighted by atomic mass is 10.1. The molecule has 1 aliphatic heterocycles. The molecule has 0 aliphatic carbocycles. The van der Waals surface area contributed by atoms with Crippen LogP contribution >= 0.6 is 0 Å². The van der Waals surface area contributed by atoms with Gasteiger partial charge >= 0.3 is 0 Å². The number of nitrogens with zero attached hydrogens (tertiary/aromatic N) is 3. The number of likely N-dealkylation sites (tertiary alicyclic amines) is 1. The molecule has 0 bridgehead atoms. The van der Waals surface area contributed by atoms with Gasteiger partial charge in [-0.1, -0.05) is 37.3 Å². The summed E-state index contributed by atoms with van der Waals surface area (Å²) in [6.07, 6.45) is 2.55. The third kappa shape index (κ3) is 5.34. The van der Waals surface area contributed by atoms with Gasteiger partial charge in [0.15, 0.2) is 5.96 Å². The Kier molecular flexibility index (Phi) is 6.72. The first kappa shape index (κ1) is 16.8. The van der Waals surface area contributed by atoms with Crippen molar-refractivity contribution in [3.05, 3.63) is 35.9 Å². The number of rotatable bonds is 6. The van der Waals surface area contributed by atoms with Crippen LogP contribution in [0.25, 0.3) is 0 Å². The fraction of sp³-hybridized carbons (Fsp3) is 0.611. The molecule has 0 spiro atoms. The van der Waals surface area contributed by atoms with Crippen molar-refractivity contribution in [1.82, 2.24) is 15.1 Å². The molecule has 1 N–H and O–H groups in total. The molecule has 4 nitrogen and oxygen atoms in total. The van der Waals surface area contributed by atoms with Crippen LogP contribution < -0.4 is 5.32 Å². The minimum absolute atomic E-state index is 0.730. The van der Waals surface area contributed by atoms with Gasteiger partial charge in [0.2, 0.25) is 0 Å². The summed E-state index contributed by atoms with van der Waals surface area (Å²) in [5, 5.41) is 3.54. The van der Waals surface area contributed by atoms with Crippen LogP contribution in [-0.4, -0.2) is 56.0 Å². The molecule has 1 heterocycles. The zero-order valence-electron chi connectivity index (χ0n) is 14.3. The Morgan fingerprint density at radius 1 is 1.32 bits per heavy atom. The zero-order valence-corrected chi connectivity index (χ0v) is 14.3. The van der Waals surface area contributed by atoms with Crippen LogP contribution in [-0.2, 0) is 6.54 Å². The lowest BCUT2D eigenvalue weighted by Gasteiger charge is -2.20. The van der Waals surface area contributed by atoms with E-state index in [1.54, 1.807) is 0 Å².